The number of aromatic nitrogens is 5. The molecule has 0 spiro atoms. The number of hydrogen-bond donors (Lipinski definition) is 2. The van der Waals surface area contributed by atoms with Crippen molar-refractivity contribution in [3.63, 3.8) is 0 Å². The number of imidazole rings is 1. The molecule has 0 aliphatic heterocycles. The molecule has 32 heavy (non-hydrogen) atoms. The number of H-pyrrole nitrogens is 1. The molecule has 3 heterocycles. The van der Waals surface area contributed by atoms with Gasteiger partial charge >= 0.3 is 0 Å². The molecule has 160 valence electrons. The number of hydrogen-bond acceptors (Lipinski definition) is 4. The second-order valence-electron chi connectivity index (χ2n) is 7.96. The highest BCUT2D eigenvalue weighted by atomic mass is 19.1. The van der Waals surface area contributed by atoms with Crippen molar-refractivity contribution in [2.75, 3.05) is 5.32 Å². The SMILES string of the molecule is CC(C)n1ccc(-c2nc(CNc3cccc(F)c3)[nH]c2-c2ccc3ncccc3c2)n1. The largest absolute Gasteiger partial charge is 0.378 e. The minimum Gasteiger partial charge on any atom is -0.378 e. The predicted octanol–water partition coefficient (Wildman–Crippen LogP) is 5.82. The summed E-state index contributed by atoms with van der Waals surface area (Å²) in [7, 11) is 0. The third-order valence-corrected chi connectivity index (χ3v) is 5.31. The van der Waals surface area contributed by atoms with Crippen LogP contribution in [0.4, 0.5) is 10.1 Å². The van der Waals surface area contributed by atoms with E-state index < -0.39 is 0 Å². The van der Waals surface area contributed by atoms with Crippen molar-refractivity contribution in [1.82, 2.24) is 24.7 Å². The second kappa shape index (κ2) is 8.26. The molecular formula is C25H23FN6. The number of nitrogens with zero attached hydrogens (tertiary/aromatic N) is 4. The number of nitrogens with one attached hydrogen (secondary N) is 2. The van der Waals surface area contributed by atoms with Crippen molar-refractivity contribution in [2.24, 2.45) is 0 Å². The van der Waals surface area contributed by atoms with Gasteiger partial charge in [-0.15, -0.1) is 0 Å². The number of pyridine rings is 1. The summed E-state index contributed by atoms with van der Waals surface area (Å²) in [5.41, 5.74) is 5.11. The minimum atomic E-state index is -0.278. The van der Waals surface area contributed by atoms with Gasteiger partial charge in [0.25, 0.3) is 0 Å². The fraction of sp³-hybridized carbons (Fsp3) is 0.160. The second-order valence-corrected chi connectivity index (χ2v) is 7.96. The summed E-state index contributed by atoms with van der Waals surface area (Å²) in [5, 5.41) is 9.01. The molecule has 3 aromatic heterocycles. The first-order valence-corrected chi connectivity index (χ1v) is 10.6. The Morgan fingerprint density at radius 2 is 1.97 bits per heavy atom. The molecule has 7 heteroatoms. The van der Waals surface area contributed by atoms with Gasteiger partial charge in [-0.25, -0.2) is 9.37 Å². The van der Waals surface area contributed by atoms with E-state index in [4.69, 9.17) is 10.1 Å². The number of anilines is 1. The van der Waals surface area contributed by atoms with E-state index in [0.717, 1.165) is 39.4 Å². The Morgan fingerprint density at radius 1 is 1.06 bits per heavy atom. The molecule has 0 saturated carbocycles. The zero-order chi connectivity index (χ0) is 22.1. The van der Waals surface area contributed by atoms with Gasteiger partial charge in [0, 0.05) is 35.1 Å². The van der Waals surface area contributed by atoms with E-state index in [-0.39, 0.29) is 11.9 Å². The van der Waals surface area contributed by atoms with Crippen molar-refractivity contribution >= 4 is 16.6 Å². The van der Waals surface area contributed by atoms with Crippen molar-refractivity contribution in [3.8, 4) is 22.6 Å². The van der Waals surface area contributed by atoms with E-state index in [0.29, 0.717) is 12.2 Å². The molecule has 0 amide bonds. The highest BCUT2D eigenvalue weighted by Crippen LogP contribution is 2.31. The summed E-state index contributed by atoms with van der Waals surface area (Å²) in [5.74, 6) is 0.462. The van der Waals surface area contributed by atoms with E-state index in [9.17, 15) is 4.39 Å². The lowest BCUT2D eigenvalue weighted by Crippen LogP contribution is -2.02. The highest BCUT2D eigenvalue weighted by molar-refractivity contribution is 5.86. The molecule has 2 aromatic carbocycles. The van der Waals surface area contributed by atoms with Crippen LogP contribution >= 0.6 is 0 Å². The molecule has 6 nitrogen and oxygen atoms in total. The molecule has 5 rings (SSSR count). The summed E-state index contributed by atoms with van der Waals surface area (Å²) >= 11 is 0. The van der Waals surface area contributed by atoms with Crippen LogP contribution in [-0.2, 0) is 6.54 Å². The molecular weight excluding hydrogens is 403 g/mol. The van der Waals surface area contributed by atoms with Crippen LogP contribution in [0.3, 0.4) is 0 Å². The number of fused-ring (bicyclic) bond motifs is 1. The molecule has 0 radical (unpaired) electrons. The van der Waals surface area contributed by atoms with Gasteiger partial charge in [-0.2, -0.15) is 5.10 Å². The van der Waals surface area contributed by atoms with Gasteiger partial charge in [0.05, 0.1) is 17.8 Å². The molecule has 2 N–H and O–H groups in total. The Hall–Kier alpha value is -4.00. The summed E-state index contributed by atoms with van der Waals surface area (Å²) in [4.78, 5) is 12.7. The standard InChI is InChI=1S/C25H23FN6/c1-16(2)32-12-10-22(31-32)25-24(18-8-9-21-17(13-18)5-4-11-27-21)29-23(30-25)15-28-20-7-3-6-19(26)14-20/h3-14,16,28H,15H2,1-2H3,(H,29,30). The van der Waals surface area contributed by atoms with Gasteiger partial charge in [0.2, 0.25) is 0 Å². The van der Waals surface area contributed by atoms with Crippen molar-refractivity contribution in [3.05, 3.63) is 84.7 Å². The molecule has 0 bridgehead atoms. The summed E-state index contributed by atoms with van der Waals surface area (Å²) in [6, 6.07) is 18.7. The third-order valence-electron chi connectivity index (χ3n) is 5.31. The molecule has 0 fully saturated rings. The van der Waals surface area contributed by atoms with Crippen LogP contribution in [0, 0.1) is 5.82 Å². The summed E-state index contributed by atoms with van der Waals surface area (Å²) in [6.07, 6.45) is 3.76. The van der Waals surface area contributed by atoms with Crippen molar-refractivity contribution in [2.45, 2.75) is 26.4 Å². The highest BCUT2D eigenvalue weighted by Gasteiger charge is 2.17. The molecule has 0 saturated heterocycles. The predicted molar refractivity (Wildman–Crippen MR) is 125 cm³/mol. The van der Waals surface area contributed by atoms with E-state index in [1.807, 2.05) is 47.3 Å². The van der Waals surface area contributed by atoms with Crippen molar-refractivity contribution < 1.29 is 4.39 Å². The Balaban J connectivity index is 1.54. The number of rotatable bonds is 6. The van der Waals surface area contributed by atoms with Crippen LogP contribution in [0.1, 0.15) is 25.7 Å². The smallest absolute Gasteiger partial charge is 0.126 e. The lowest BCUT2D eigenvalue weighted by molar-refractivity contribution is 0.534. The van der Waals surface area contributed by atoms with Crippen LogP contribution in [0.5, 0.6) is 0 Å². The molecule has 0 aliphatic carbocycles. The average Bonchev–Trinajstić information content (AvgIpc) is 3.45. The number of benzene rings is 2. The topological polar surface area (TPSA) is 71.4 Å². The number of halogens is 1. The van der Waals surface area contributed by atoms with Crippen LogP contribution < -0.4 is 5.32 Å². The van der Waals surface area contributed by atoms with Gasteiger partial charge in [0.1, 0.15) is 23.0 Å². The first-order chi connectivity index (χ1) is 15.6. The Bertz CT molecular complexity index is 1380. The summed E-state index contributed by atoms with van der Waals surface area (Å²) < 4.78 is 15.4. The van der Waals surface area contributed by atoms with E-state index in [2.05, 4.69) is 35.2 Å². The normalized spacial score (nSPS) is 11.4. The fourth-order valence-electron chi connectivity index (χ4n) is 3.67. The maximum atomic E-state index is 13.5. The molecule has 0 unspecified atom stereocenters. The molecule has 0 atom stereocenters. The lowest BCUT2D eigenvalue weighted by atomic mass is 10.1. The maximum Gasteiger partial charge on any atom is 0.126 e. The quantitative estimate of drug-likeness (QED) is 0.359. The van der Waals surface area contributed by atoms with Crippen LogP contribution in [-0.4, -0.2) is 24.7 Å². The van der Waals surface area contributed by atoms with Crippen molar-refractivity contribution in [1.29, 1.82) is 0 Å². The Kier molecular flexibility index (Phi) is 5.15. The van der Waals surface area contributed by atoms with E-state index in [1.54, 1.807) is 12.3 Å². The van der Waals surface area contributed by atoms with Crippen LogP contribution in [0.2, 0.25) is 0 Å². The van der Waals surface area contributed by atoms with E-state index in [1.165, 1.54) is 12.1 Å². The zero-order valence-corrected chi connectivity index (χ0v) is 17.9. The van der Waals surface area contributed by atoms with Gasteiger partial charge in [-0.05, 0) is 56.3 Å². The number of aromatic amines is 1. The van der Waals surface area contributed by atoms with Gasteiger partial charge < -0.3 is 10.3 Å². The maximum absolute atomic E-state index is 13.5. The first-order valence-electron chi connectivity index (χ1n) is 10.6. The average molecular weight is 426 g/mol. The third kappa shape index (κ3) is 3.97. The Morgan fingerprint density at radius 3 is 2.78 bits per heavy atom. The summed E-state index contributed by atoms with van der Waals surface area (Å²) in [6.45, 7) is 4.61. The fourth-order valence-corrected chi connectivity index (χ4v) is 3.67. The zero-order valence-electron chi connectivity index (χ0n) is 17.9. The Labute approximate surface area is 185 Å². The lowest BCUT2D eigenvalue weighted by Gasteiger charge is -2.05. The van der Waals surface area contributed by atoms with Gasteiger partial charge in [-0.1, -0.05) is 18.2 Å². The molecule has 0 aliphatic rings. The van der Waals surface area contributed by atoms with Gasteiger partial charge in [-0.3, -0.25) is 9.67 Å². The van der Waals surface area contributed by atoms with Gasteiger partial charge in [0.15, 0.2) is 0 Å². The van der Waals surface area contributed by atoms with Crippen LogP contribution in [0.25, 0.3) is 33.5 Å². The van der Waals surface area contributed by atoms with E-state index >= 15 is 0 Å². The first kappa shape index (κ1) is 19.9. The van der Waals surface area contributed by atoms with Crippen LogP contribution in [0.15, 0.2) is 73.1 Å². The monoisotopic (exact) mass is 426 g/mol. The molecule has 5 aromatic rings. The minimum absolute atomic E-state index is 0.256.